The molecule has 0 saturated carbocycles. The second kappa shape index (κ2) is 7.96. The number of likely N-dealkylation sites (tertiary alicyclic amines) is 1. The smallest absolute Gasteiger partial charge is 0.253 e. The first kappa shape index (κ1) is 22.6. The molecular weight excluding hydrogens is 435 g/mol. The van der Waals surface area contributed by atoms with Crippen molar-refractivity contribution in [2.45, 2.75) is 65.3 Å². The molecule has 1 saturated heterocycles. The van der Waals surface area contributed by atoms with Gasteiger partial charge in [-0.3, -0.25) is 14.4 Å². The molecule has 2 aromatic rings. The van der Waals surface area contributed by atoms with Gasteiger partial charge in [-0.2, -0.15) is 0 Å². The van der Waals surface area contributed by atoms with Crippen LogP contribution in [0.1, 0.15) is 77.7 Å². The van der Waals surface area contributed by atoms with E-state index in [1.165, 1.54) is 13.0 Å². The molecule has 0 unspecified atom stereocenters. The monoisotopic (exact) mass is 466 g/mol. The first-order valence-electron chi connectivity index (χ1n) is 12.0. The quantitative estimate of drug-likeness (QED) is 0.722. The first-order valence-corrected chi connectivity index (χ1v) is 12.0. The van der Waals surface area contributed by atoms with Crippen molar-refractivity contribution in [2.75, 3.05) is 18.4 Å². The van der Waals surface area contributed by atoms with Gasteiger partial charge in [-0.15, -0.1) is 0 Å². The molecule has 5 rings (SSSR count). The number of halogens is 1. The lowest BCUT2D eigenvalue weighted by Crippen LogP contribution is -2.30. The number of amides is 2. The van der Waals surface area contributed by atoms with Crippen LogP contribution in [0.25, 0.3) is 5.69 Å². The van der Waals surface area contributed by atoms with Crippen LogP contribution in [-0.4, -0.2) is 46.2 Å². The molecule has 0 radical (unpaired) electrons. The predicted octanol–water partition coefficient (Wildman–Crippen LogP) is 3.39. The van der Waals surface area contributed by atoms with Crippen LogP contribution in [0.5, 0.6) is 0 Å². The van der Waals surface area contributed by atoms with E-state index in [1.807, 2.05) is 4.57 Å². The molecule has 34 heavy (non-hydrogen) atoms. The molecule has 7 nitrogen and oxygen atoms in total. The summed E-state index contributed by atoms with van der Waals surface area (Å²) in [5.41, 5.74) is 10.0. The molecule has 2 aliphatic carbocycles. The number of fused-ring (bicyclic) bond motifs is 3. The van der Waals surface area contributed by atoms with Crippen LogP contribution in [-0.2, 0) is 24.1 Å². The highest BCUT2D eigenvalue weighted by atomic mass is 19.1. The van der Waals surface area contributed by atoms with Gasteiger partial charge < -0.3 is 20.5 Å². The number of carbonyl (C=O) groups excluding carboxylic acids is 3. The zero-order chi connectivity index (χ0) is 24.4. The molecule has 1 aliphatic heterocycles. The summed E-state index contributed by atoms with van der Waals surface area (Å²) < 4.78 is 17.4. The normalized spacial score (nSPS) is 20.9. The van der Waals surface area contributed by atoms with Gasteiger partial charge in [0.2, 0.25) is 5.91 Å². The summed E-state index contributed by atoms with van der Waals surface area (Å²) in [5, 5.41) is 3.28. The number of primary amides is 1. The summed E-state index contributed by atoms with van der Waals surface area (Å²) in [7, 11) is 0. The van der Waals surface area contributed by atoms with E-state index in [0.717, 1.165) is 48.2 Å². The molecular formula is C26H31FN4O3. The first-order chi connectivity index (χ1) is 16.1. The Morgan fingerprint density at radius 2 is 1.94 bits per heavy atom. The number of ketones is 1. The van der Waals surface area contributed by atoms with E-state index in [-0.39, 0.29) is 28.7 Å². The lowest BCUT2D eigenvalue weighted by molar-refractivity contribution is -0.127. The second-order valence-corrected chi connectivity index (χ2v) is 10.7. The largest absolute Gasteiger partial charge is 0.380 e. The summed E-state index contributed by atoms with van der Waals surface area (Å²) in [6, 6.07) is 3.01. The number of hydrogen-bond acceptors (Lipinski definition) is 4. The van der Waals surface area contributed by atoms with Crippen molar-refractivity contribution in [3.05, 3.63) is 46.0 Å². The van der Waals surface area contributed by atoms with E-state index >= 15 is 4.39 Å². The summed E-state index contributed by atoms with van der Waals surface area (Å²) in [6.07, 6.45) is 4.57. The Kier molecular flexibility index (Phi) is 5.30. The van der Waals surface area contributed by atoms with Gasteiger partial charge in [0.1, 0.15) is 5.82 Å². The molecule has 2 heterocycles. The number of nitrogens with one attached hydrogen (secondary N) is 1. The maximum atomic E-state index is 15.4. The van der Waals surface area contributed by atoms with Gasteiger partial charge in [-0.25, -0.2) is 4.39 Å². The lowest BCUT2D eigenvalue weighted by Gasteiger charge is -2.30. The Morgan fingerprint density at radius 1 is 1.18 bits per heavy atom. The van der Waals surface area contributed by atoms with Crippen LogP contribution in [0.3, 0.4) is 0 Å². The fourth-order valence-corrected chi connectivity index (χ4v) is 6.01. The van der Waals surface area contributed by atoms with Crippen LogP contribution in [0.4, 0.5) is 10.1 Å². The standard InChI is InChI=1S/C26H31FN4O3/c1-14(32)30-8-7-15(13-30)29-19-10-16(9-18(27)24(19)25(28)34)31-20-6-4-5-17(20)23-21(31)11-26(2,3)12-22(23)33/h9-10,15,29H,4-8,11-13H2,1-3H3,(H2,28,34)/t15-/m0/s1. The Morgan fingerprint density at radius 3 is 2.62 bits per heavy atom. The number of rotatable bonds is 4. The average Bonchev–Trinajstić information content (AvgIpc) is 3.41. The molecule has 3 aliphatic rings. The molecule has 1 fully saturated rings. The third-order valence-corrected chi connectivity index (χ3v) is 7.46. The summed E-state index contributed by atoms with van der Waals surface area (Å²) in [4.78, 5) is 38.7. The Bertz CT molecular complexity index is 1230. The van der Waals surface area contributed by atoms with Crippen LogP contribution >= 0.6 is 0 Å². The van der Waals surface area contributed by atoms with Gasteiger partial charge >= 0.3 is 0 Å². The Labute approximate surface area is 198 Å². The van der Waals surface area contributed by atoms with Gasteiger partial charge in [0.05, 0.1) is 16.9 Å². The topological polar surface area (TPSA) is 97.4 Å². The maximum Gasteiger partial charge on any atom is 0.253 e. The van der Waals surface area contributed by atoms with Crippen LogP contribution in [0.2, 0.25) is 0 Å². The van der Waals surface area contributed by atoms with Crippen molar-refractivity contribution >= 4 is 23.3 Å². The Balaban J connectivity index is 1.62. The minimum absolute atomic E-state index is 0.0128. The SMILES string of the molecule is CC(=O)N1CC[C@H](Nc2cc(-n3c4c(c5c3CC(C)(C)CC5=O)CCC4)cc(F)c2C(N)=O)C1. The van der Waals surface area contributed by atoms with Crippen LogP contribution in [0.15, 0.2) is 12.1 Å². The number of anilines is 1. The molecule has 2 amide bonds. The molecule has 1 aromatic carbocycles. The molecule has 3 N–H and O–H groups in total. The number of hydrogen-bond donors (Lipinski definition) is 2. The highest BCUT2D eigenvalue weighted by molar-refractivity contribution is 6.01. The summed E-state index contributed by atoms with van der Waals surface area (Å²) in [6.45, 7) is 6.78. The lowest BCUT2D eigenvalue weighted by atomic mass is 9.75. The summed E-state index contributed by atoms with van der Waals surface area (Å²) in [5.74, 6) is -1.39. The molecule has 180 valence electrons. The van der Waals surface area contributed by atoms with Gasteiger partial charge in [0.25, 0.3) is 5.91 Å². The van der Waals surface area contributed by atoms with E-state index in [0.29, 0.717) is 37.3 Å². The third-order valence-electron chi connectivity index (χ3n) is 7.46. The van der Waals surface area contributed by atoms with Crippen molar-refractivity contribution in [1.82, 2.24) is 9.47 Å². The zero-order valence-corrected chi connectivity index (χ0v) is 20.0. The number of nitrogens with zero attached hydrogens (tertiary/aromatic N) is 2. The number of nitrogens with two attached hydrogens (primary N) is 1. The molecule has 1 atom stereocenters. The number of benzene rings is 1. The van der Waals surface area contributed by atoms with Crippen molar-refractivity contribution in [2.24, 2.45) is 11.1 Å². The van der Waals surface area contributed by atoms with Crippen molar-refractivity contribution in [1.29, 1.82) is 0 Å². The van der Waals surface area contributed by atoms with Crippen LogP contribution in [0, 0.1) is 11.2 Å². The third kappa shape index (κ3) is 3.69. The average molecular weight is 467 g/mol. The van der Waals surface area contributed by atoms with Crippen molar-refractivity contribution < 1.29 is 18.8 Å². The number of Topliss-reactive ketones (excluding diaryl/α,β-unsaturated/α-hetero) is 1. The fraction of sp³-hybridized carbons (Fsp3) is 0.500. The van der Waals surface area contributed by atoms with E-state index in [9.17, 15) is 14.4 Å². The van der Waals surface area contributed by atoms with E-state index in [2.05, 4.69) is 19.2 Å². The highest BCUT2D eigenvalue weighted by Gasteiger charge is 2.39. The van der Waals surface area contributed by atoms with Gasteiger partial charge in [-0.1, -0.05) is 13.8 Å². The van der Waals surface area contributed by atoms with Crippen molar-refractivity contribution in [3.8, 4) is 5.69 Å². The van der Waals surface area contributed by atoms with Gasteiger partial charge in [0.15, 0.2) is 5.78 Å². The van der Waals surface area contributed by atoms with E-state index in [4.69, 9.17) is 5.73 Å². The van der Waals surface area contributed by atoms with E-state index in [1.54, 1.807) is 11.0 Å². The molecule has 0 bridgehead atoms. The highest BCUT2D eigenvalue weighted by Crippen LogP contribution is 2.43. The van der Waals surface area contributed by atoms with Gasteiger partial charge in [-0.05, 0) is 55.2 Å². The number of aromatic nitrogens is 1. The maximum absolute atomic E-state index is 15.4. The van der Waals surface area contributed by atoms with Gasteiger partial charge in [0, 0.05) is 49.4 Å². The predicted molar refractivity (Wildman–Crippen MR) is 127 cm³/mol. The Hall–Kier alpha value is -3.16. The second-order valence-electron chi connectivity index (χ2n) is 10.7. The summed E-state index contributed by atoms with van der Waals surface area (Å²) >= 11 is 0. The fourth-order valence-electron chi connectivity index (χ4n) is 6.01. The molecule has 0 spiro atoms. The van der Waals surface area contributed by atoms with E-state index < -0.39 is 11.7 Å². The molecule has 1 aromatic heterocycles. The molecule has 8 heteroatoms. The number of carbonyl (C=O) groups is 3. The minimum atomic E-state index is -0.843. The minimum Gasteiger partial charge on any atom is -0.380 e. The zero-order valence-electron chi connectivity index (χ0n) is 20.0. The van der Waals surface area contributed by atoms with Crippen LogP contribution < -0.4 is 11.1 Å². The van der Waals surface area contributed by atoms with Crippen molar-refractivity contribution in [3.63, 3.8) is 0 Å².